The molecule has 4 nitrogen and oxygen atoms in total. The maximum Gasteiger partial charge on any atom is 0.190 e. The van der Waals surface area contributed by atoms with Gasteiger partial charge in [0, 0.05) is 34.7 Å². The van der Waals surface area contributed by atoms with Gasteiger partial charge in [-0.1, -0.05) is 39.7 Å². The molecule has 0 radical (unpaired) electrons. The number of halogens is 2. The van der Waals surface area contributed by atoms with E-state index in [1.54, 1.807) is 12.1 Å². The van der Waals surface area contributed by atoms with Crippen molar-refractivity contribution in [3.63, 3.8) is 0 Å². The van der Waals surface area contributed by atoms with E-state index < -0.39 is 0 Å². The van der Waals surface area contributed by atoms with Gasteiger partial charge in [-0.15, -0.1) is 0 Å². The van der Waals surface area contributed by atoms with E-state index in [2.05, 4.69) is 25.8 Å². The molecule has 2 aromatic rings. The Morgan fingerprint density at radius 1 is 1.19 bits per heavy atom. The first kappa shape index (κ1) is 17.9. The summed E-state index contributed by atoms with van der Waals surface area (Å²) in [6.45, 7) is 3.85. The van der Waals surface area contributed by atoms with Crippen LogP contribution in [0, 0.1) is 0 Å². The number of hydrogen-bond donors (Lipinski definition) is 0. The SMILES string of the molecule is O=C1C(=Nc2cccc(Cl)c2)c2cc(Br)ccc2C1CN1CCOCC1. The summed E-state index contributed by atoms with van der Waals surface area (Å²) < 4.78 is 6.36. The maximum absolute atomic E-state index is 13.2. The van der Waals surface area contributed by atoms with Crippen molar-refractivity contribution in [3.8, 4) is 0 Å². The lowest BCUT2D eigenvalue weighted by atomic mass is 10.00. The van der Waals surface area contributed by atoms with E-state index in [1.807, 2.05) is 30.3 Å². The molecule has 0 bridgehead atoms. The molecule has 2 aliphatic rings. The zero-order chi connectivity index (χ0) is 18.1. The number of carbonyl (C=O) groups is 1. The van der Waals surface area contributed by atoms with E-state index in [0.717, 1.165) is 41.9 Å². The Balaban J connectivity index is 1.71. The smallest absolute Gasteiger partial charge is 0.190 e. The van der Waals surface area contributed by atoms with Crippen molar-refractivity contribution < 1.29 is 9.53 Å². The molecule has 0 amide bonds. The summed E-state index contributed by atoms with van der Waals surface area (Å²) in [4.78, 5) is 20.1. The van der Waals surface area contributed by atoms with Crippen LogP contribution >= 0.6 is 27.5 Å². The van der Waals surface area contributed by atoms with E-state index >= 15 is 0 Å². The first-order valence-electron chi connectivity index (χ1n) is 8.60. The van der Waals surface area contributed by atoms with Gasteiger partial charge in [-0.3, -0.25) is 9.69 Å². The normalized spacial score (nSPS) is 22.0. The standard InChI is InChI=1S/C20H18BrClN2O2/c21-13-4-5-16-17(10-13)19(23-15-3-1-2-14(22)11-15)20(25)18(16)12-24-6-8-26-9-7-24/h1-5,10-11,18H,6-9,12H2. The van der Waals surface area contributed by atoms with Crippen molar-refractivity contribution in [3.05, 3.63) is 63.1 Å². The summed E-state index contributed by atoms with van der Waals surface area (Å²) in [5, 5.41) is 0.608. The van der Waals surface area contributed by atoms with Crippen molar-refractivity contribution in [2.24, 2.45) is 4.99 Å². The summed E-state index contributed by atoms with van der Waals surface area (Å²) in [5.74, 6) is -0.112. The van der Waals surface area contributed by atoms with Crippen molar-refractivity contribution in [2.75, 3.05) is 32.8 Å². The summed E-state index contributed by atoms with van der Waals surface area (Å²) in [5.41, 5.74) is 3.16. The monoisotopic (exact) mass is 432 g/mol. The number of rotatable bonds is 3. The second-order valence-electron chi connectivity index (χ2n) is 6.50. The van der Waals surface area contributed by atoms with Crippen molar-refractivity contribution in [1.82, 2.24) is 4.90 Å². The third kappa shape index (κ3) is 3.62. The number of nitrogens with zero attached hydrogens (tertiary/aromatic N) is 2. The van der Waals surface area contributed by atoms with Crippen LogP contribution in [0.25, 0.3) is 0 Å². The van der Waals surface area contributed by atoms with E-state index in [9.17, 15) is 4.79 Å². The van der Waals surface area contributed by atoms with Gasteiger partial charge in [-0.25, -0.2) is 4.99 Å². The number of ketones is 1. The maximum atomic E-state index is 13.2. The Kier molecular flexibility index (Phi) is 5.23. The van der Waals surface area contributed by atoms with Gasteiger partial charge in [0.1, 0.15) is 5.71 Å². The number of morpholine rings is 1. The minimum atomic E-state index is -0.186. The van der Waals surface area contributed by atoms with Crippen LogP contribution in [0.3, 0.4) is 0 Å². The third-order valence-electron chi connectivity index (χ3n) is 4.79. The fourth-order valence-electron chi connectivity index (χ4n) is 3.49. The predicted molar refractivity (Wildman–Crippen MR) is 107 cm³/mol. The van der Waals surface area contributed by atoms with Gasteiger partial charge in [0.05, 0.1) is 24.8 Å². The van der Waals surface area contributed by atoms with Crippen molar-refractivity contribution in [2.45, 2.75) is 5.92 Å². The number of benzene rings is 2. The van der Waals surface area contributed by atoms with Gasteiger partial charge in [0.15, 0.2) is 5.78 Å². The van der Waals surface area contributed by atoms with Crippen LogP contribution in [0.2, 0.25) is 5.02 Å². The molecule has 6 heteroatoms. The molecule has 0 N–H and O–H groups in total. The summed E-state index contributed by atoms with van der Waals surface area (Å²) in [6.07, 6.45) is 0. The van der Waals surface area contributed by atoms with Gasteiger partial charge in [0.25, 0.3) is 0 Å². The van der Waals surface area contributed by atoms with Crippen molar-refractivity contribution in [1.29, 1.82) is 0 Å². The molecular formula is C20H18BrClN2O2. The second-order valence-corrected chi connectivity index (χ2v) is 7.85. The number of carbonyl (C=O) groups excluding carboxylic acids is 1. The Labute approximate surface area is 165 Å². The van der Waals surface area contributed by atoms with Gasteiger partial charge in [0.2, 0.25) is 0 Å². The van der Waals surface area contributed by atoms with E-state index in [0.29, 0.717) is 23.0 Å². The Morgan fingerprint density at radius 3 is 2.77 bits per heavy atom. The van der Waals surface area contributed by atoms with Gasteiger partial charge in [-0.05, 0) is 35.9 Å². The van der Waals surface area contributed by atoms with Crippen LogP contribution in [0.15, 0.2) is 51.9 Å². The summed E-state index contributed by atoms with van der Waals surface area (Å²) in [7, 11) is 0. The highest BCUT2D eigenvalue weighted by Gasteiger charge is 2.37. The number of Topliss-reactive ketones (excluding diaryl/α,β-unsaturated/α-hetero) is 1. The van der Waals surface area contributed by atoms with Gasteiger partial charge >= 0.3 is 0 Å². The quantitative estimate of drug-likeness (QED) is 0.728. The summed E-state index contributed by atoms with van der Waals surface area (Å²) >= 11 is 9.58. The number of fused-ring (bicyclic) bond motifs is 1. The lowest BCUT2D eigenvalue weighted by Crippen LogP contribution is -2.40. The lowest BCUT2D eigenvalue weighted by molar-refractivity contribution is -0.114. The van der Waals surface area contributed by atoms with Crippen molar-refractivity contribution >= 4 is 44.7 Å². The average Bonchev–Trinajstić information content (AvgIpc) is 2.88. The molecular weight excluding hydrogens is 416 g/mol. The molecule has 26 heavy (non-hydrogen) atoms. The molecule has 0 aromatic heterocycles. The number of ether oxygens (including phenoxy) is 1. The molecule has 1 atom stereocenters. The molecule has 1 unspecified atom stereocenters. The molecule has 1 fully saturated rings. The highest BCUT2D eigenvalue weighted by atomic mass is 79.9. The molecule has 4 rings (SSSR count). The zero-order valence-corrected chi connectivity index (χ0v) is 16.5. The first-order chi connectivity index (χ1) is 12.6. The van der Waals surface area contributed by atoms with E-state index in [4.69, 9.17) is 16.3 Å². The Hall–Kier alpha value is -1.53. The van der Waals surface area contributed by atoms with Crippen LogP contribution in [0.5, 0.6) is 0 Å². The topological polar surface area (TPSA) is 41.9 Å². The van der Waals surface area contributed by atoms with E-state index in [-0.39, 0.29) is 11.7 Å². The Morgan fingerprint density at radius 2 is 2.00 bits per heavy atom. The molecule has 2 aromatic carbocycles. The molecule has 134 valence electrons. The fourth-order valence-corrected chi connectivity index (χ4v) is 4.04. The van der Waals surface area contributed by atoms with Crippen LogP contribution in [-0.4, -0.2) is 49.2 Å². The van der Waals surface area contributed by atoms with Crippen LogP contribution < -0.4 is 0 Å². The first-order valence-corrected chi connectivity index (χ1v) is 9.77. The molecule has 1 aliphatic carbocycles. The predicted octanol–water partition coefficient (Wildman–Crippen LogP) is 4.22. The lowest BCUT2D eigenvalue weighted by Gasteiger charge is -2.28. The fraction of sp³-hybridized carbons (Fsp3) is 0.300. The minimum Gasteiger partial charge on any atom is -0.379 e. The molecule has 0 saturated carbocycles. The second kappa shape index (κ2) is 7.61. The number of hydrogen-bond acceptors (Lipinski definition) is 4. The molecule has 1 heterocycles. The Bertz CT molecular complexity index is 878. The minimum absolute atomic E-state index is 0.0737. The molecule has 1 saturated heterocycles. The largest absolute Gasteiger partial charge is 0.379 e. The average molecular weight is 434 g/mol. The number of aliphatic imine (C=N–C) groups is 1. The molecule has 1 aliphatic heterocycles. The summed E-state index contributed by atoms with van der Waals surface area (Å²) in [6, 6.07) is 13.3. The van der Waals surface area contributed by atoms with E-state index in [1.165, 1.54) is 0 Å². The van der Waals surface area contributed by atoms with Crippen LogP contribution in [0.4, 0.5) is 5.69 Å². The molecule has 0 spiro atoms. The highest BCUT2D eigenvalue weighted by molar-refractivity contribution is 9.10. The highest BCUT2D eigenvalue weighted by Crippen LogP contribution is 2.35. The van der Waals surface area contributed by atoms with Gasteiger partial charge < -0.3 is 4.74 Å². The third-order valence-corrected chi connectivity index (χ3v) is 5.52. The zero-order valence-electron chi connectivity index (χ0n) is 14.1. The van der Waals surface area contributed by atoms with Gasteiger partial charge in [-0.2, -0.15) is 0 Å². The van der Waals surface area contributed by atoms with Crippen LogP contribution in [0.1, 0.15) is 17.0 Å². The van der Waals surface area contributed by atoms with Crippen LogP contribution in [-0.2, 0) is 9.53 Å².